The zero-order chi connectivity index (χ0) is 22.3. The Morgan fingerprint density at radius 1 is 1.00 bits per heavy atom. The minimum absolute atomic E-state index is 0.136. The third-order valence-electron chi connectivity index (χ3n) is 5.06. The largest absolute Gasteiger partial charge is 0.497 e. The summed E-state index contributed by atoms with van der Waals surface area (Å²) in [5.41, 5.74) is 2.80. The summed E-state index contributed by atoms with van der Waals surface area (Å²) in [5.74, 6) is 1.45. The van der Waals surface area contributed by atoms with Crippen LogP contribution in [0.1, 0.15) is 22.3 Å². The fourth-order valence-electron chi connectivity index (χ4n) is 3.28. The van der Waals surface area contributed by atoms with Crippen molar-refractivity contribution in [3.05, 3.63) is 95.0 Å². The summed E-state index contributed by atoms with van der Waals surface area (Å²) in [7, 11) is 1.62. The third kappa shape index (κ3) is 5.15. The summed E-state index contributed by atoms with van der Waals surface area (Å²) >= 11 is 6.28. The lowest BCUT2D eigenvalue weighted by atomic mass is 10.1. The van der Waals surface area contributed by atoms with Crippen LogP contribution in [0.3, 0.4) is 0 Å². The van der Waals surface area contributed by atoms with Gasteiger partial charge in [-0.3, -0.25) is 4.79 Å². The molecular formula is C25H23ClN4O2. The van der Waals surface area contributed by atoms with E-state index in [0.717, 1.165) is 22.4 Å². The monoisotopic (exact) mass is 446 g/mol. The van der Waals surface area contributed by atoms with Gasteiger partial charge in [0.05, 0.1) is 7.11 Å². The Morgan fingerprint density at radius 2 is 1.72 bits per heavy atom. The predicted molar refractivity (Wildman–Crippen MR) is 126 cm³/mol. The van der Waals surface area contributed by atoms with Gasteiger partial charge in [0, 0.05) is 23.6 Å². The van der Waals surface area contributed by atoms with Crippen LogP contribution in [0.5, 0.6) is 5.75 Å². The van der Waals surface area contributed by atoms with Crippen LogP contribution in [0.25, 0.3) is 11.4 Å². The van der Waals surface area contributed by atoms with Crippen molar-refractivity contribution in [3.8, 4) is 17.1 Å². The molecule has 4 aromatic rings. The molecule has 162 valence electrons. The van der Waals surface area contributed by atoms with Crippen molar-refractivity contribution >= 4 is 23.5 Å². The van der Waals surface area contributed by atoms with Crippen LogP contribution in [0, 0.1) is 0 Å². The Hall–Kier alpha value is -3.64. The van der Waals surface area contributed by atoms with Gasteiger partial charge in [0.15, 0.2) is 5.82 Å². The molecule has 0 aliphatic carbocycles. The molecule has 0 aliphatic rings. The number of benzene rings is 3. The number of aromatic nitrogens is 3. The highest BCUT2D eigenvalue weighted by atomic mass is 35.5. The van der Waals surface area contributed by atoms with Gasteiger partial charge in [-0.1, -0.05) is 60.1 Å². The number of aryl methyl sites for hydroxylation is 1. The van der Waals surface area contributed by atoms with Crippen molar-refractivity contribution in [3.63, 3.8) is 0 Å². The second-order valence-electron chi connectivity index (χ2n) is 7.22. The first kappa shape index (κ1) is 21.6. The van der Waals surface area contributed by atoms with E-state index in [-0.39, 0.29) is 5.91 Å². The van der Waals surface area contributed by atoms with E-state index in [9.17, 15) is 4.79 Å². The zero-order valence-corrected chi connectivity index (χ0v) is 18.4. The van der Waals surface area contributed by atoms with Crippen LogP contribution >= 0.6 is 11.6 Å². The Balaban J connectivity index is 1.58. The van der Waals surface area contributed by atoms with E-state index in [0.29, 0.717) is 36.2 Å². The number of ether oxygens (including phenoxy) is 1. The van der Waals surface area contributed by atoms with Crippen LogP contribution < -0.4 is 10.1 Å². The second kappa shape index (κ2) is 10.1. The number of nitrogens with one attached hydrogen (secondary N) is 1. The number of hydrogen-bond donors (Lipinski definition) is 1. The average molecular weight is 447 g/mol. The fraction of sp³-hybridized carbons (Fsp3) is 0.160. The standard InChI is InChI=1S/C25H23ClN4O2/c1-32-21-14-12-19(13-15-21)24-28-25(27-17-20-9-5-6-10-22(20)26)30(29-24)23(31)16-11-18-7-3-2-4-8-18/h2-10,12-15H,11,16-17H2,1H3,(H,27,28,29). The number of halogens is 1. The highest BCUT2D eigenvalue weighted by molar-refractivity contribution is 6.31. The molecule has 0 bridgehead atoms. The van der Waals surface area contributed by atoms with E-state index in [1.807, 2.05) is 78.9 Å². The maximum atomic E-state index is 13.0. The van der Waals surface area contributed by atoms with Crippen LogP contribution in [0.4, 0.5) is 5.95 Å². The van der Waals surface area contributed by atoms with Crippen LogP contribution in [-0.4, -0.2) is 27.8 Å². The maximum absolute atomic E-state index is 13.0. The van der Waals surface area contributed by atoms with Gasteiger partial charge in [-0.05, 0) is 47.9 Å². The molecule has 0 spiro atoms. The van der Waals surface area contributed by atoms with Crippen molar-refractivity contribution in [2.45, 2.75) is 19.4 Å². The molecule has 32 heavy (non-hydrogen) atoms. The summed E-state index contributed by atoms with van der Waals surface area (Å²) in [6.07, 6.45) is 0.942. The SMILES string of the molecule is COc1ccc(-c2nc(NCc3ccccc3Cl)n(C(=O)CCc3ccccc3)n2)cc1. The quantitative estimate of drug-likeness (QED) is 0.387. The summed E-state index contributed by atoms with van der Waals surface area (Å²) in [6, 6.07) is 24.9. The first-order valence-electron chi connectivity index (χ1n) is 10.3. The second-order valence-corrected chi connectivity index (χ2v) is 7.63. The van der Waals surface area contributed by atoms with E-state index >= 15 is 0 Å². The van der Waals surface area contributed by atoms with Gasteiger partial charge >= 0.3 is 0 Å². The summed E-state index contributed by atoms with van der Waals surface area (Å²) in [6.45, 7) is 0.423. The Kier molecular flexibility index (Phi) is 6.82. The lowest BCUT2D eigenvalue weighted by molar-refractivity contribution is 0.0890. The Bertz CT molecular complexity index is 1190. The fourth-order valence-corrected chi connectivity index (χ4v) is 3.48. The predicted octanol–water partition coefficient (Wildman–Crippen LogP) is 5.49. The van der Waals surface area contributed by atoms with E-state index in [1.54, 1.807) is 7.11 Å². The lowest BCUT2D eigenvalue weighted by Crippen LogP contribution is -2.17. The normalized spacial score (nSPS) is 10.7. The van der Waals surface area contributed by atoms with Crippen molar-refractivity contribution in [2.75, 3.05) is 12.4 Å². The molecular weight excluding hydrogens is 424 g/mol. The van der Waals surface area contributed by atoms with Gasteiger partial charge in [0.25, 0.3) is 0 Å². The first-order chi connectivity index (χ1) is 15.6. The number of carbonyl (C=O) groups is 1. The van der Waals surface area contributed by atoms with Gasteiger partial charge < -0.3 is 10.1 Å². The van der Waals surface area contributed by atoms with E-state index in [1.165, 1.54) is 4.68 Å². The molecule has 6 nitrogen and oxygen atoms in total. The van der Waals surface area contributed by atoms with E-state index in [4.69, 9.17) is 16.3 Å². The molecule has 0 saturated heterocycles. The first-order valence-corrected chi connectivity index (χ1v) is 10.7. The molecule has 1 aromatic heterocycles. The summed E-state index contributed by atoms with van der Waals surface area (Å²) in [4.78, 5) is 17.6. The van der Waals surface area contributed by atoms with Crippen LogP contribution in [-0.2, 0) is 13.0 Å². The minimum atomic E-state index is -0.136. The van der Waals surface area contributed by atoms with Crippen molar-refractivity contribution in [1.29, 1.82) is 0 Å². The Labute approximate surface area is 191 Å². The molecule has 0 unspecified atom stereocenters. The lowest BCUT2D eigenvalue weighted by Gasteiger charge is -2.08. The molecule has 0 amide bonds. The topological polar surface area (TPSA) is 69.0 Å². The average Bonchev–Trinajstić information content (AvgIpc) is 3.27. The molecule has 1 heterocycles. The van der Waals surface area contributed by atoms with Gasteiger partial charge in [-0.2, -0.15) is 9.67 Å². The number of hydrogen-bond acceptors (Lipinski definition) is 5. The number of carbonyl (C=O) groups excluding carboxylic acids is 1. The Morgan fingerprint density at radius 3 is 2.44 bits per heavy atom. The van der Waals surface area contributed by atoms with E-state index < -0.39 is 0 Å². The van der Waals surface area contributed by atoms with Gasteiger partial charge in [-0.15, -0.1) is 5.10 Å². The van der Waals surface area contributed by atoms with E-state index in [2.05, 4.69) is 15.4 Å². The number of nitrogens with zero attached hydrogens (tertiary/aromatic N) is 3. The molecule has 0 saturated carbocycles. The van der Waals surface area contributed by atoms with Crippen molar-refractivity contribution < 1.29 is 9.53 Å². The van der Waals surface area contributed by atoms with Gasteiger partial charge in [0.1, 0.15) is 5.75 Å². The number of anilines is 1. The third-order valence-corrected chi connectivity index (χ3v) is 5.43. The molecule has 0 aliphatic heterocycles. The molecule has 0 atom stereocenters. The smallest absolute Gasteiger partial charge is 0.250 e. The highest BCUT2D eigenvalue weighted by Gasteiger charge is 2.17. The molecule has 4 rings (SSSR count). The number of rotatable bonds is 8. The van der Waals surface area contributed by atoms with Crippen molar-refractivity contribution in [1.82, 2.24) is 14.8 Å². The zero-order valence-electron chi connectivity index (χ0n) is 17.7. The van der Waals surface area contributed by atoms with Crippen LogP contribution in [0.2, 0.25) is 5.02 Å². The minimum Gasteiger partial charge on any atom is -0.497 e. The molecule has 3 aromatic carbocycles. The summed E-state index contributed by atoms with van der Waals surface area (Å²) < 4.78 is 6.57. The van der Waals surface area contributed by atoms with Gasteiger partial charge in [-0.25, -0.2) is 0 Å². The molecule has 1 N–H and O–H groups in total. The molecule has 7 heteroatoms. The molecule has 0 fully saturated rings. The van der Waals surface area contributed by atoms with Crippen molar-refractivity contribution in [2.24, 2.45) is 0 Å². The molecule has 0 radical (unpaired) electrons. The van der Waals surface area contributed by atoms with Crippen LogP contribution in [0.15, 0.2) is 78.9 Å². The number of methoxy groups -OCH3 is 1. The highest BCUT2D eigenvalue weighted by Crippen LogP contribution is 2.23. The van der Waals surface area contributed by atoms with Gasteiger partial charge in [0.2, 0.25) is 11.9 Å². The summed E-state index contributed by atoms with van der Waals surface area (Å²) in [5, 5.41) is 8.37. The maximum Gasteiger partial charge on any atom is 0.250 e.